The summed E-state index contributed by atoms with van der Waals surface area (Å²) in [5, 5.41) is 2.63. The molecule has 0 bridgehead atoms. The van der Waals surface area contributed by atoms with Gasteiger partial charge in [-0.1, -0.05) is 101 Å². The lowest BCUT2D eigenvalue weighted by atomic mass is 9.73. The Morgan fingerprint density at radius 1 is 0.946 bits per heavy atom. The maximum absolute atomic E-state index is 7.07. The average molecular weight is 519 g/mol. The Kier molecular flexibility index (Phi) is 9.50. The predicted octanol–water partition coefficient (Wildman–Crippen LogP) is 7.11. The summed E-state index contributed by atoms with van der Waals surface area (Å²) in [4.78, 5) is 0. The van der Waals surface area contributed by atoms with Gasteiger partial charge in [0.15, 0.2) is 0 Å². The van der Waals surface area contributed by atoms with Gasteiger partial charge in [-0.05, 0) is 73.8 Å². The van der Waals surface area contributed by atoms with Gasteiger partial charge in [0.05, 0.1) is 11.2 Å². The molecule has 0 aliphatic carbocycles. The molecule has 1 saturated heterocycles. The van der Waals surface area contributed by atoms with Crippen LogP contribution < -0.4 is 10.4 Å². The van der Waals surface area contributed by atoms with E-state index in [0.29, 0.717) is 12.5 Å². The van der Waals surface area contributed by atoms with Crippen molar-refractivity contribution < 1.29 is 13.7 Å². The first kappa shape index (κ1) is 29.6. The summed E-state index contributed by atoms with van der Waals surface area (Å²) in [7, 11) is -2.82. The Morgan fingerprint density at radius 3 is 1.86 bits per heavy atom. The molecule has 1 atom stereocenters. The lowest BCUT2D eigenvalue weighted by molar-refractivity contribution is 0.00578. The van der Waals surface area contributed by atoms with E-state index in [9.17, 15) is 0 Å². The number of unbranched alkanes of at least 4 members (excludes halogenated alkanes) is 1. The fourth-order valence-corrected chi connectivity index (χ4v) is 9.69. The lowest BCUT2D eigenvalue weighted by Gasteiger charge is -2.43. The molecule has 0 amide bonds. The first-order chi connectivity index (χ1) is 17.3. The highest BCUT2D eigenvalue weighted by atomic mass is 28.4. The van der Waals surface area contributed by atoms with E-state index in [1.807, 2.05) is 6.08 Å². The number of benzene rings is 2. The Bertz CT molecular complexity index is 985. The van der Waals surface area contributed by atoms with Gasteiger partial charge in [0.25, 0.3) is 8.32 Å². The van der Waals surface area contributed by atoms with E-state index in [0.717, 1.165) is 19.3 Å². The summed E-state index contributed by atoms with van der Waals surface area (Å²) in [5.41, 5.74) is 0.512. The van der Waals surface area contributed by atoms with Crippen LogP contribution in [-0.2, 0) is 13.7 Å². The third-order valence-corrected chi connectivity index (χ3v) is 13.0. The highest BCUT2D eigenvalue weighted by Gasteiger charge is 2.52. The Hall–Kier alpha value is -1.92. The van der Waals surface area contributed by atoms with E-state index in [-0.39, 0.29) is 23.4 Å². The van der Waals surface area contributed by atoms with Crippen LogP contribution >= 0.6 is 0 Å². The molecule has 2 aromatic carbocycles. The highest BCUT2D eigenvalue weighted by Crippen LogP contribution is 2.40. The molecule has 0 N–H and O–H groups in total. The van der Waals surface area contributed by atoms with Gasteiger partial charge in [0, 0.05) is 6.61 Å². The number of rotatable bonds is 11. The van der Waals surface area contributed by atoms with Gasteiger partial charge in [-0.3, -0.25) is 0 Å². The minimum absolute atomic E-state index is 0.0151. The molecule has 0 aromatic heterocycles. The minimum Gasteiger partial charge on any atom is -0.407 e. The summed E-state index contributed by atoms with van der Waals surface area (Å²) in [6.07, 6.45) is 7.06. The number of allylic oxidation sites excluding steroid dienone is 3. The Labute approximate surface area is 227 Å². The number of hydrogen-bond acceptors (Lipinski definition) is 3. The van der Waals surface area contributed by atoms with Crippen molar-refractivity contribution in [2.45, 2.75) is 90.9 Å². The van der Waals surface area contributed by atoms with Crippen molar-refractivity contribution >= 4 is 25.8 Å². The maximum atomic E-state index is 7.07. The molecule has 0 radical (unpaired) electrons. The zero-order valence-corrected chi connectivity index (χ0v) is 25.3. The molecule has 1 heterocycles. The van der Waals surface area contributed by atoms with Gasteiger partial charge < -0.3 is 13.7 Å². The van der Waals surface area contributed by atoms with E-state index in [2.05, 4.69) is 129 Å². The smallest absolute Gasteiger partial charge is 0.407 e. The fourth-order valence-electron chi connectivity index (χ4n) is 5.08. The lowest BCUT2D eigenvalue weighted by Crippen LogP contribution is -2.66. The molecule has 2 aromatic rings. The van der Waals surface area contributed by atoms with Crippen molar-refractivity contribution in [1.29, 1.82) is 0 Å². The van der Waals surface area contributed by atoms with Crippen LogP contribution in [0.5, 0.6) is 0 Å². The second-order valence-corrected chi connectivity index (χ2v) is 16.7. The van der Waals surface area contributed by atoms with Crippen LogP contribution in [0.3, 0.4) is 0 Å². The molecule has 3 rings (SSSR count). The highest BCUT2D eigenvalue weighted by molar-refractivity contribution is 6.99. The van der Waals surface area contributed by atoms with Crippen molar-refractivity contribution in [3.63, 3.8) is 0 Å². The van der Waals surface area contributed by atoms with E-state index < -0.39 is 8.32 Å². The first-order valence-electron chi connectivity index (χ1n) is 13.8. The van der Waals surface area contributed by atoms with Crippen LogP contribution in [0.25, 0.3) is 0 Å². The second kappa shape index (κ2) is 11.9. The van der Waals surface area contributed by atoms with Crippen molar-refractivity contribution in [3.8, 4) is 0 Å². The molecule has 3 nitrogen and oxygen atoms in total. The molecule has 1 aliphatic heterocycles. The average Bonchev–Trinajstić information content (AvgIpc) is 3.07. The second-order valence-electron chi connectivity index (χ2n) is 12.4. The fraction of sp³-hybridized carbons (Fsp3) is 0.500. The first-order valence-corrected chi connectivity index (χ1v) is 15.7. The van der Waals surface area contributed by atoms with E-state index in [4.69, 9.17) is 13.7 Å². The van der Waals surface area contributed by atoms with Crippen molar-refractivity contribution in [2.75, 3.05) is 6.61 Å². The van der Waals surface area contributed by atoms with Crippen molar-refractivity contribution in [1.82, 2.24) is 0 Å². The molecule has 5 heteroatoms. The van der Waals surface area contributed by atoms with E-state index in [1.165, 1.54) is 15.8 Å². The Morgan fingerprint density at radius 2 is 1.43 bits per heavy atom. The normalized spacial score (nSPS) is 18.6. The third kappa shape index (κ3) is 6.57. The van der Waals surface area contributed by atoms with Crippen LogP contribution in [0.4, 0.5) is 0 Å². The summed E-state index contributed by atoms with van der Waals surface area (Å²) in [6, 6.07) is 21.7. The van der Waals surface area contributed by atoms with Gasteiger partial charge in [-0.15, -0.1) is 6.58 Å². The molecular weight excluding hydrogens is 471 g/mol. The van der Waals surface area contributed by atoms with Gasteiger partial charge in [0.1, 0.15) is 0 Å². The van der Waals surface area contributed by atoms with Gasteiger partial charge in [-0.25, -0.2) is 0 Å². The molecule has 1 fully saturated rings. The molecule has 0 saturated carbocycles. The van der Waals surface area contributed by atoms with Crippen LogP contribution in [0.15, 0.2) is 84.9 Å². The zero-order chi connectivity index (χ0) is 27.3. The molecule has 200 valence electrons. The monoisotopic (exact) mass is 518 g/mol. The zero-order valence-electron chi connectivity index (χ0n) is 24.3. The van der Waals surface area contributed by atoms with Gasteiger partial charge in [0.2, 0.25) is 0 Å². The van der Waals surface area contributed by atoms with Gasteiger partial charge in [-0.2, -0.15) is 0 Å². The predicted molar refractivity (Wildman–Crippen MR) is 161 cm³/mol. The van der Waals surface area contributed by atoms with Crippen LogP contribution in [0.1, 0.15) is 74.7 Å². The third-order valence-electron chi connectivity index (χ3n) is 8.01. The van der Waals surface area contributed by atoms with E-state index in [1.54, 1.807) is 0 Å². The summed E-state index contributed by atoms with van der Waals surface area (Å²) in [5.74, 6) is 0.360. The van der Waals surface area contributed by atoms with Crippen LogP contribution in [0.2, 0.25) is 5.04 Å². The molecule has 0 unspecified atom stereocenters. The van der Waals surface area contributed by atoms with Crippen LogP contribution in [0, 0.1) is 5.92 Å². The number of hydrogen-bond donors (Lipinski definition) is 0. The maximum Gasteiger partial charge on any atom is 0.490 e. The van der Waals surface area contributed by atoms with Crippen molar-refractivity contribution in [2.24, 2.45) is 5.92 Å². The summed E-state index contributed by atoms with van der Waals surface area (Å²) >= 11 is 0. The van der Waals surface area contributed by atoms with Gasteiger partial charge >= 0.3 is 7.12 Å². The topological polar surface area (TPSA) is 27.7 Å². The quantitative estimate of drug-likeness (QED) is 0.180. The standard InChI is InChI=1S/C32H47BO3Si/c1-10-26(2)25-27(33-35-31(6,7)32(8,9)36-33)19-17-18-24-34-37(30(3,4)5,28-20-13-11-14-21-28)29-22-15-12-16-23-29/h10-16,19-23,26H,1,17-18,24-25H2,2-9H3/b27-19+/t26-/m1/s1. The molecule has 37 heavy (non-hydrogen) atoms. The Balaban J connectivity index is 1.80. The minimum atomic E-state index is -2.51. The summed E-state index contributed by atoms with van der Waals surface area (Å²) < 4.78 is 19.9. The molecular formula is C32H47BO3Si. The largest absolute Gasteiger partial charge is 0.490 e. The van der Waals surface area contributed by atoms with E-state index >= 15 is 0 Å². The van der Waals surface area contributed by atoms with Crippen LogP contribution in [-0.4, -0.2) is 33.2 Å². The molecule has 1 aliphatic rings. The van der Waals surface area contributed by atoms with Crippen molar-refractivity contribution in [3.05, 3.63) is 84.9 Å². The summed E-state index contributed by atoms with van der Waals surface area (Å²) in [6.45, 7) is 22.3. The SMILES string of the molecule is C=C[C@@H](C)C/C(=C\CCCO[Si](c1ccccc1)(c1ccccc1)C(C)(C)C)B1OC(C)(C)C(C)(C)O1. The molecule has 0 spiro atoms.